The third-order valence-corrected chi connectivity index (χ3v) is 7.53. The van der Waals surface area contributed by atoms with Crippen molar-refractivity contribution in [3.8, 4) is 0 Å². The molecule has 2 atom stereocenters. The molecule has 3 rings (SSSR count). The fourth-order valence-corrected chi connectivity index (χ4v) is 5.95. The maximum Gasteiger partial charge on any atom is 0.339 e. The van der Waals surface area contributed by atoms with Crippen molar-refractivity contribution in [1.82, 2.24) is 0 Å². The summed E-state index contributed by atoms with van der Waals surface area (Å²) in [6, 6.07) is 24.9. The Morgan fingerprint density at radius 2 is 1.70 bits per heavy atom. The fourth-order valence-electron chi connectivity index (χ4n) is 4.08. The first-order chi connectivity index (χ1) is 16.1. The average molecular weight is 483 g/mol. The monoisotopic (exact) mass is 482 g/mol. The number of hydrogen-bond donors (Lipinski definition) is 0. The molecule has 0 N–H and O–H groups in total. The van der Waals surface area contributed by atoms with E-state index in [1.807, 2.05) is 37.3 Å². The molecule has 0 aromatic heterocycles. The second-order valence-corrected chi connectivity index (χ2v) is 9.54. The number of fused-ring (bicyclic) bond motifs is 1. The Labute approximate surface area is 202 Å². The van der Waals surface area contributed by atoms with E-state index in [1.54, 1.807) is 18.7 Å². The molecule has 4 nitrogen and oxygen atoms in total. The van der Waals surface area contributed by atoms with Crippen LogP contribution >= 0.6 is 20.2 Å². The van der Waals surface area contributed by atoms with Gasteiger partial charge < -0.3 is 9.47 Å². The van der Waals surface area contributed by atoms with Gasteiger partial charge in [0.2, 0.25) is 0 Å². The SMILES string of the molecule is CCOC(=O)C(CP=O)(OCC)C(CCc1ccccc1)CSc1ccc2ccccc2c1. The lowest BCUT2D eigenvalue weighted by Crippen LogP contribution is -2.52. The van der Waals surface area contributed by atoms with Gasteiger partial charge in [-0.05, 0) is 55.2 Å². The predicted octanol–water partition coefficient (Wildman–Crippen LogP) is 6.81. The molecule has 3 aromatic rings. The van der Waals surface area contributed by atoms with Gasteiger partial charge in [-0.3, -0.25) is 4.57 Å². The molecular weight excluding hydrogens is 451 g/mol. The summed E-state index contributed by atoms with van der Waals surface area (Å²) in [7, 11) is -0.128. The van der Waals surface area contributed by atoms with Crippen LogP contribution in [-0.4, -0.2) is 36.7 Å². The van der Waals surface area contributed by atoms with Gasteiger partial charge >= 0.3 is 5.97 Å². The average Bonchev–Trinajstić information content (AvgIpc) is 2.84. The van der Waals surface area contributed by atoms with Gasteiger partial charge in [0.05, 0.1) is 12.8 Å². The minimum absolute atomic E-state index is 0.0808. The Bertz CT molecular complexity index is 1040. The normalized spacial score (nSPS) is 14.1. The van der Waals surface area contributed by atoms with E-state index in [-0.39, 0.29) is 27.1 Å². The Balaban J connectivity index is 1.89. The van der Waals surface area contributed by atoms with Crippen molar-refractivity contribution in [2.75, 3.05) is 25.1 Å². The van der Waals surface area contributed by atoms with Crippen LogP contribution in [0.3, 0.4) is 0 Å². The molecule has 2 unspecified atom stereocenters. The molecule has 0 bridgehead atoms. The topological polar surface area (TPSA) is 52.6 Å². The maximum absolute atomic E-state index is 13.2. The number of carbonyl (C=O) groups excluding carboxylic acids is 1. The lowest BCUT2D eigenvalue weighted by atomic mass is 9.85. The fraction of sp³-hybridized carbons (Fsp3) is 0.370. The summed E-state index contributed by atoms with van der Waals surface area (Å²) in [6.07, 6.45) is 1.60. The Morgan fingerprint density at radius 3 is 2.39 bits per heavy atom. The summed E-state index contributed by atoms with van der Waals surface area (Å²) in [5.41, 5.74) is -0.0423. The van der Waals surface area contributed by atoms with Gasteiger partial charge in [-0.15, -0.1) is 11.8 Å². The zero-order valence-electron chi connectivity index (χ0n) is 19.2. The molecule has 0 aliphatic carbocycles. The van der Waals surface area contributed by atoms with Crippen LogP contribution in [-0.2, 0) is 25.3 Å². The molecule has 0 amide bonds. The number of ether oxygens (including phenoxy) is 2. The van der Waals surface area contributed by atoms with Gasteiger partial charge in [-0.1, -0.05) is 60.7 Å². The van der Waals surface area contributed by atoms with E-state index in [1.165, 1.54) is 16.3 Å². The van der Waals surface area contributed by atoms with Crippen LogP contribution in [0.4, 0.5) is 0 Å². The summed E-state index contributed by atoms with van der Waals surface area (Å²) < 4.78 is 23.3. The van der Waals surface area contributed by atoms with Crippen molar-refractivity contribution in [2.45, 2.75) is 37.2 Å². The van der Waals surface area contributed by atoms with Crippen molar-refractivity contribution < 1.29 is 18.8 Å². The number of hydrogen-bond acceptors (Lipinski definition) is 5. The number of thioether (sulfide) groups is 1. The standard InChI is InChI=1S/C27H31O4PS/c1-3-30-26(28)27(20-32-29,31-4-2)24(16-14-21-10-6-5-7-11-21)19-33-25-17-15-22-12-8-9-13-23(22)18-25/h5-13,15,17-18,24H,3-4,14,16,19-20H2,1-2H3. The molecule has 3 aromatic carbocycles. The maximum atomic E-state index is 13.2. The van der Waals surface area contributed by atoms with E-state index < -0.39 is 11.6 Å². The van der Waals surface area contributed by atoms with E-state index in [4.69, 9.17) is 9.47 Å². The second kappa shape index (κ2) is 12.9. The number of carbonyl (C=O) groups is 1. The summed E-state index contributed by atoms with van der Waals surface area (Å²) in [5, 5.41) is 2.38. The Hall–Kier alpha value is -2.20. The van der Waals surface area contributed by atoms with Crippen LogP contribution in [0, 0.1) is 5.92 Å². The third kappa shape index (κ3) is 6.66. The molecular formula is C27H31O4PS. The largest absolute Gasteiger partial charge is 0.464 e. The highest BCUT2D eigenvalue weighted by Crippen LogP contribution is 2.36. The molecule has 0 spiro atoms. The highest BCUT2D eigenvalue weighted by atomic mass is 32.2. The first-order valence-electron chi connectivity index (χ1n) is 11.4. The molecule has 0 aliphatic heterocycles. The van der Waals surface area contributed by atoms with Crippen LogP contribution in [0.25, 0.3) is 10.8 Å². The Kier molecular flexibility index (Phi) is 9.93. The van der Waals surface area contributed by atoms with Gasteiger partial charge in [-0.2, -0.15) is 0 Å². The smallest absolute Gasteiger partial charge is 0.339 e. The van der Waals surface area contributed by atoms with E-state index in [0.29, 0.717) is 12.4 Å². The molecule has 33 heavy (non-hydrogen) atoms. The van der Waals surface area contributed by atoms with Gasteiger partial charge in [0.25, 0.3) is 0 Å². The molecule has 0 radical (unpaired) electrons. The van der Waals surface area contributed by atoms with E-state index in [0.717, 1.165) is 17.7 Å². The summed E-state index contributed by atoms with van der Waals surface area (Å²) in [5.74, 6) is 0.0569. The molecule has 0 aliphatic rings. The van der Waals surface area contributed by atoms with Gasteiger partial charge in [0.15, 0.2) is 14.1 Å². The quantitative estimate of drug-likeness (QED) is 0.152. The van der Waals surface area contributed by atoms with Gasteiger partial charge in [-0.25, -0.2) is 4.79 Å². The van der Waals surface area contributed by atoms with Crippen LogP contribution in [0.15, 0.2) is 77.7 Å². The van der Waals surface area contributed by atoms with Crippen molar-refractivity contribution >= 4 is 37.0 Å². The van der Waals surface area contributed by atoms with Crippen molar-refractivity contribution in [3.63, 3.8) is 0 Å². The molecule has 0 saturated heterocycles. The number of aryl methyl sites for hydroxylation is 1. The number of benzene rings is 3. The highest BCUT2D eigenvalue weighted by Gasteiger charge is 2.48. The highest BCUT2D eigenvalue weighted by molar-refractivity contribution is 7.99. The van der Waals surface area contributed by atoms with Crippen LogP contribution in [0.2, 0.25) is 0 Å². The van der Waals surface area contributed by atoms with E-state index >= 15 is 0 Å². The van der Waals surface area contributed by atoms with E-state index in [2.05, 4.69) is 42.5 Å². The zero-order valence-corrected chi connectivity index (χ0v) is 20.9. The number of rotatable bonds is 13. The summed E-state index contributed by atoms with van der Waals surface area (Å²) >= 11 is 1.70. The van der Waals surface area contributed by atoms with Crippen LogP contribution < -0.4 is 0 Å². The lowest BCUT2D eigenvalue weighted by molar-refractivity contribution is -0.175. The Morgan fingerprint density at radius 1 is 0.970 bits per heavy atom. The van der Waals surface area contributed by atoms with Crippen molar-refractivity contribution in [1.29, 1.82) is 0 Å². The first-order valence-corrected chi connectivity index (χ1v) is 13.4. The molecule has 174 valence electrons. The molecule has 0 fully saturated rings. The second-order valence-electron chi connectivity index (χ2n) is 7.87. The van der Waals surface area contributed by atoms with Crippen molar-refractivity contribution in [2.24, 2.45) is 5.92 Å². The van der Waals surface area contributed by atoms with Crippen LogP contribution in [0.1, 0.15) is 25.8 Å². The molecule has 0 saturated carbocycles. The minimum atomic E-state index is -1.24. The minimum Gasteiger partial charge on any atom is -0.464 e. The zero-order chi connectivity index (χ0) is 23.5. The number of esters is 1. The van der Waals surface area contributed by atoms with Crippen molar-refractivity contribution in [3.05, 3.63) is 78.4 Å². The predicted molar refractivity (Wildman–Crippen MR) is 136 cm³/mol. The first kappa shape index (κ1) is 25.4. The molecule has 6 heteroatoms. The van der Waals surface area contributed by atoms with E-state index in [9.17, 15) is 9.36 Å². The third-order valence-electron chi connectivity index (χ3n) is 5.78. The van der Waals surface area contributed by atoms with Crippen LogP contribution in [0.5, 0.6) is 0 Å². The summed E-state index contributed by atoms with van der Waals surface area (Å²) in [4.78, 5) is 14.3. The van der Waals surface area contributed by atoms with Gasteiger partial charge in [0.1, 0.15) is 0 Å². The lowest BCUT2D eigenvalue weighted by Gasteiger charge is -2.37. The molecule has 0 heterocycles. The summed E-state index contributed by atoms with van der Waals surface area (Å²) in [6.45, 7) is 4.25. The van der Waals surface area contributed by atoms with Gasteiger partial charge in [0, 0.05) is 23.2 Å².